The first-order valence-corrected chi connectivity index (χ1v) is 8.07. The van der Waals surface area contributed by atoms with Crippen LogP contribution >= 0.6 is 27.3 Å². The molecule has 17 heavy (non-hydrogen) atoms. The molecule has 0 amide bonds. The second-order valence-electron chi connectivity index (χ2n) is 5.00. The number of aryl methyl sites for hydroxylation is 1. The van der Waals surface area contributed by atoms with Gasteiger partial charge in [-0.25, -0.2) is 0 Å². The van der Waals surface area contributed by atoms with E-state index in [0.717, 1.165) is 28.1 Å². The van der Waals surface area contributed by atoms with Gasteiger partial charge in [0.05, 0.1) is 4.88 Å². The predicted octanol–water partition coefficient (Wildman–Crippen LogP) is 5.36. The lowest BCUT2D eigenvalue weighted by atomic mass is 9.85. The minimum absolute atomic E-state index is 0.320. The summed E-state index contributed by atoms with van der Waals surface area (Å²) >= 11 is 5.09. The van der Waals surface area contributed by atoms with Crippen LogP contribution in [0.3, 0.4) is 0 Å². The van der Waals surface area contributed by atoms with Gasteiger partial charge < -0.3 is 0 Å². The van der Waals surface area contributed by atoms with Crippen molar-refractivity contribution in [3.05, 3.63) is 20.3 Å². The molecule has 0 saturated heterocycles. The highest BCUT2D eigenvalue weighted by Gasteiger charge is 2.17. The molecule has 1 heterocycles. The van der Waals surface area contributed by atoms with E-state index in [4.69, 9.17) is 0 Å². The number of ketones is 1. The number of carbonyl (C=O) groups is 1. The number of halogens is 1. The Balaban J connectivity index is 1.86. The Hall–Kier alpha value is -0.150. The lowest BCUT2D eigenvalue weighted by molar-refractivity contribution is 0.0973. The van der Waals surface area contributed by atoms with Crippen LogP contribution in [-0.2, 0) is 0 Å². The zero-order valence-corrected chi connectivity index (χ0v) is 12.7. The monoisotopic (exact) mass is 314 g/mol. The molecule has 0 radical (unpaired) electrons. The van der Waals surface area contributed by atoms with Gasteiger partial charge in [-0.2, -0.15) is 0 Å². The largest absolute Gasteiger partial charge is 0.293 e. The first-order chi connectivity index (χ1) is 8.16. The van der Waals surface area contributed by atoms with Gasteiger partial charge in [0.15, 0.2) is 5.78 Å². The van der Waals surface area contributed by atoms with Crippen LogP contribution in [0.4, 0.5) is 0 Å². The molecular formula is C14H19BrOS. The molecule has 2 rings (SSSR count). The van der Waals surface area contributed by atoms with Gasteiger partial charge in [0, 0.05) is 15.8 Å². The van der Waals surface area contributed by atoms with Crippen LogP contribution in [0.1, 0.15) is 59.5 Å². The van der Waals surface area contributed by atoms with Gasteiger partial charge in [-0.3, -0.25) is 4.79 Å². The molecule has 1 saturated carbocycles. The highest BCUT2D eigenvalue weighted by Crippen LogP contribution is 2.31. The average molecular weight is 315 g/mol. The Kier molecular flexibility index (Phi) is 4.80. The molecule has 0 aromatic carbocycles. The highest BCUT2D eigenvalue weighted by atomic mass is 79.9. The van der Waals surface area contributed by atoms with Crippen molar-refractivity contribution in [3.8, 4) is 0 Å². The van der Waals surface area contributed by atoms with Crippen molar-refractivity contribution in [1.82, 2.24) is 0 Å². The molecule has 1 fully saturated rings. The molecule has 1 nitrogen and oxygen atoms in total. The molecular weight excluding hydrogens is 296 g/mol. The van der Waals surface area contributed by atoms with Gasteiger partial charge in [-0.1, -0.05) is 32.1 Å². The topological polar surface area (TPSA) is 17.1 Å². The predicted molar refractivity (Wildman–Crippen MR) is 76.9 cm³/mol. The van der Waals surface area contributed by atoms with Crippen molar-refractivity contribution in [2.75, 3.05) is 0 Å². The Morgan fingerprint density at radius 1 is 1.41 bits per heavy atom. The highest BCUT2D eigenvalue weighted by molar-refractivity contribution is 9.10. The summed E-state index contributed by atoms with van der Waals surface area (Å²) in [5, 5.41) is 0. The van der Waals surface area contributed by atoms with Crippen LogP contribution in [0.2, 0.25) is 0 Å². The smallest absolute Gasteiger partial charge is 0.173 e. The second kappa shape index (κ2) is 6.14. The SMILES string of the molecule is Cc1cc(Br)c(C(=O)CCC2CCCCC2)s1. The molecule has 1 aliphatic carbocycles. The van der Waals surface area contributed by atoms with Gasteiger partial charge in [-0.05, 0) is 41.3 Å². The molecule has 1 aliphatic rings. The lowest BCUT2D eigenvalue weighted by Crippen LogP contribution is -2.08. The van der Waals surface area contributed by atoms with Crippen molar-refractivity contribution in [2.24, 2.45) is 5.92 Å². The molecule has 1 aromatic rings. The van der Waals surface area contributed by atoms with Crippen LogP contribution in [0.15, 0.2) is 10.5 Å². The molecule has 0 bridgehead atoms. The molecule has 94 valence electrons. The van der Waals surface area contributed by atoms with Crippen molar-refractivity contribution in [3.63, 3.8) is 0 Å². The number of hydrogen-bond donors (Lipinski definition) is 0. The number of rotatable bonds is 4. The Bertz CT molecular complexity index is 391. The average Bonchev–Trinajstić information content (AvgIpc) is 2.67. The Morgan fingerprint density at radius 2 is 2.12 bits per heavy atom. The number of carbonyl (C=O) groups excluding carboxylic acids is 1. The number of hydrogen-bond acceptors (Lipinski definition) is 2. The Morgan fingerprint density at radius 3 is 2.71 bits per heavy atom. The summed E-state index contributed by atoms with van der Waals surface area (Å²) in [5.41, 5.74) is 0. The van der Waals surface area contributed by atoms with E-state index in [-0.39, 0.29) is 0 Å². The third-order valence-corrected chi connectivity index (χ3v) is 5.55. The molecule has 1 aromatic heterocycles. The zero-order valence-electron chi connectivity index (χ0n) is 10.3. The van der Waals surface area contributed by atoms with E-state index in [0.29, 0.717) is 5.78 Å². The molecule has 0 unspecified atom stereocenters. The normalized spacial score (nSPS) is 17.3. The molecule has 0 aliphatic heterocycles. The van der Waals surface area contributed by atoms with Crippen LogP contribution < -0.4 is 0 Å². The molecule has 0 N–H and O–H groups in total. The summed E-state index contributed by atoms with van der Waals surface area (Å²) in [5.74, 6) is 1.12. The summed E-state index contributed by atoms with van der Waals surface area (Å²) < 4.78 is 0.980. The van der Waals surface area contributed by atoms with Gasteiger partial charge >= 0.3 is 0 Å². The summed E-state index contributed by atoms with van der Waals surface area (Å²) in [6.07, 6.45) is 8.59. The summed E-state index contributed by atoms with van der Waals surface area (Å²) in [7, 11) is 0. The minimum atomic E-state index is 0.320. The van der Waals surface area contributed by atoms with E-state index < -0.39 is 0 Å². The van der Waals surface area contributed by atoms with Gasteiger partial charge in [-0.15, -0.1) is 11.3 Å². The van der Waals surface area contributed by atoms with Crippen LogP contribution in [0.5, 0.6) is 0 Å². The first kappa shape index (κ1) is 13.3. The van der Waals surface area contributed by atoms with E-state index in [1.54, 1.807) is 11.3 Å². The van der Waals surface area contributed by atoms with Gasteiger partial charge in [0.1, 0.15) is 0 Å². The first-order valence-electron chi connectivity index (χ1n) is 6.46. The number of Topliss-reactive ketones (excluding diaryl/α,β-unsaturated/α-hetero) is 1. The summed E-state index contributed by atoms with van der Waals surface area (Å²) in [6.45, 7) is 2.05. The zero-order chi connectivity index (χ0) is 12.3. The van der Waals surface area contributed by atoms with Crippen molar-refractivity contribution < 1.29 is 4.79 Å². The van der Waals surface area contributed by atoms with Crippen molar-refractivity contribution in [1.29, 1.82) is 0 Å². The summed E-state index contributed by atoms with van der Waals surface area (Å²) in [4.78, 5) is 14.2. The van der Waals surface area contributed by atoms with E-state index in [2.05, 4.69) is 15.9 Å². The van der Waals surface area contributed by atoms with Crippen LogP contribution in [0.25, 0.3) is 0 Å². The Labute approximate surface area is 116 Å². The number of thiophene rings is 1. The van der Waals surface area contributed by atoms with E-state index >= 15 is 0 Å². The van der Waals surface area contributed by atoms with E-state index in [1.807, 2.05) is 13.0 Å². The van der Waals surface area contributed by atoms with Gasteiger partial charge in [0.25, 0.3) is 0 Å². The third-order valence-electron chi connectivity index (χ3n) is 3.57. The standard InChI is InChI=1S/C14H19BrOS/c1-10-9-12(15)14(17-10)13(16)8-7-11-5-3-2-4-6-11/h9,11H,2-8H2,1H3. The second-order valence-corrected chi connectivity index (χ2v) is 7.11. The molecule has 3 heteroatoms. The minimum Gasteiger partial charge on any atom is -0.293 e. The maximum atomic E-state index is 12.1. The quantitative estimate of drug-likeness (QED) is 0.683. The van der Waals surface area contributed by atoms with Gasteiger partial charge in [0.2, 0.25) is 0 Å². The fraction of sp³-hybridized carbons (Fsp3) is 0.643. The van der Waals surface area contributed by atoms with E-state index in [9.17, 15) is 4.79 Å². The van der Waals surface area contributed by atoms with Crippen LogP contribution in [0, 0.1) is 12.8 Å². The summed E-state index contributed by atoms with van der Waals surface area (Å²) in [6, 6.07) is 2.04. The maximum Gasteiger partial charge on any atom is 0.173 e. The van der Waals surface area contributed by atoms with Crippen LogP contribution in [-0.4, -0.2) is 5.78 Å². The lowest BCUT2D eigenvalue weighted by Gasteiger charge is -2.20. The third kappa shape index (κ3) is 3.65. The fourth-order valence-corrected chi connectivity index (χ4v) is 4.43. The van der Waals surface area contributed by atoms with Crippen molar-refractivity contribution >= 4 is 33.0 Å². The van der Waals surface area contributed by atoms with E-state index in [1.165, 1.54) is 37.0 Å². The maximum absolute atomic E-state index is 12.1. The molecule has 0 spiro atoms. The molecule has 0 atom stereocenters. The van der Waals surface area contributed by atoms with Crippen molar-refractivity contribution in [2.45, 2.75) is 51.9 Å². The fourth-order valence-electron chi connectivity index (χ4n) is 2.60.